The van der Waals surface area contributed by atoms with Crippen LogP contribution in [0.1, 0.15) is 35.4 Å². The molecule has 34 heavy (non-hydrogen) atoms. The first kappa shape index (κ1) is 23.8. The topological polar surface area (TPSA) is 56.2 Å². The predicted octanol–water partition coefficient (Wildman–Crippen LogP) is 6.05. The van der Waals surface area contributed by atoms with E-state index in [1.807, 2.05) is 42.5 Å². The van der Waals surface area contributed by atoms with Crippen molar-refractivity contribution in [3.63, 3.8) is 0 Å². The average Bonchev–Trinajstić information content (AvgIpc) is 3.20. The Hall–Kier alpha value is -3.38. The Labute approximate surface area is 203 Å². The monoisotopic (exact) mass is 479 g/mol. The molecular formula is C27H27ClFN3O2. The lowest BCUT2D eigenvalue weighted by Crippen LogP contribution is -2.24. The summed E-state index contributed by atoms with van der Waals surface area (Å²) in [5.41, 5.74) is 2.53. The number of fused-ring (bicyclic) bond motifs is 1. The SMILES string of the molecule is O=C(NCCCCCc1nc2ccccc2n1CCOc1ccccc1Cl)c1ccc(F)cc1. The molecule has 176 valence electrons. The molecule has 7 heteroatoms. The predicted molar refractivity (Wildman–Crippen MR) is 133 cm³/mol. The van der Waals surface area contributed by atoms with E-state index in [9.17, 15) is 9.18 Å². The van der Waals surface area contributed by atoms with Gasteiger partial charge >= 0.3 is 0 Å². The van der Waals surface area contributed by atoms with Gasteiger partial charge in [0.1, 0.15) is 24.0 Å². The van der Waals surface area contributed by atoms with Crippen molar-refractivity contribution in [3.05, 3.63) is 95.0 Å². The zero-order valence-corrected chi connectivity index (χ0v) is 19.6. The maximum atomic E-state index is 13.0. The molecule has 5 nitrogen and oxygen atoms in total. The van der Waals surface area contributed by atoms with Crippen LogP contribution in [0, 0.1) is 5.82 Å². The van der Waals surface area contributed by atoms with Gasteiger partial charge in [0.2, 0.25) is 0 Å². The Morgan fingerprint density at radius 2 is 1.74 bits per heavy atom. The molecule has 0 bridgehead atoms. The van der Waals surface area contributed by atoms with Crippen LogP contribution in [0.15, 0.2) is 72.8 Å². The van der Waals surface area contributed by atoms with Gasteiger partial charge in [-0.1, -0.05) is 42.3 Å². The highest BCUT2D eigenvalue weighted by Crippen LogP contribution is 2.23. The molecule has 0 aliphatic rings. The van der Waals surface area contributed by atoms with E-state index in [2.05, 4.69) is 16.0 Å². The van der Waals surface area contributed by atoms with Crippen LogP contribution in [0.3, 0.4) is 0 Å². The highest BCUT2D eigenvalue weighted by molar-refractivity contribution is 6.32. The van der Waals surface area contributed by atoms with E-state index in [-0.39, 0.29) is 11.7 Å². The van der Waals surface area contributed by atoms with Gasteiger partial charge in [-0.05, 0) is 61.4 Å². The molecule has 0 saturated carbocycles. The molecule has 0 radical (unpaired) electrons. The number of aryl methyl sites for hydroxylation is 1. The smallest absolute Gasteiger partial charge is 0.251 e. The van der Waals surface area contributed by atoms with Crippen LogP contribution < -0.4 is 10.1 Å². The van der Waals surface area contributed by atoms with Crippen LogP contribution >= 0.6 is 11.6 Å². The molecule has 0 aliphatic heterocycles. The van der Waals surface area contributed by atoms with E-state index in [1.165, 1.54) is 24.3 Å². The quantitative estimate of drug-likeness (QED) is 0.266. The highest BCUT2D eigenvalue weighted by atomic mass is 35.5. The summed E-state index contributed by atoms with van der Waals surface area (Å²) in [6.07, 6.45) is 3.62. The van der Waals surface area contributed by atoms with E-state index in [1.54, 1.807) is 0 Å². The molecule has 4 rings (SSSR count). The van der Waals surface area contributed by atoms with Crippen molar-refractivity contribution in [1.29, 1.82) is 0 Å². The number of nitrogens with one attached hydrogen (secondary N) is 1. The molecule has 0 aliphatic carbocycles. The number of halogens is 2. The van der Waals surface area contributed by atoms with Crippen LogP contribution in [0.2, 0.25) is 5.02 Å². The summed E-state index contributed by atoms with van der Waals surface area (Å²) in [6.45, 7) is 1.75. The second-order valence-corrected chi connectivity index (χ2v) is 8.43. The summed E-state index contributed by atoms with van der Waals surface area (Å²) in [4.78, 5) is 16.9. The number of para-hydroxylation sites is 3. The lowest BCUT2D eigenvalue weighted by Gasteiger charge is -2.12. The fourth-order valence-electron chi connectivity index (χ4n) is 3.86. The molecule has 0 fully saturated rings. The van der Waals surface area contributed by atoms with Crippen LogP contribution in [-0.4, -0.2) is 28.6 Å². The minimum atomic E-state index is -0.349. The van der Waals surface area contributed by atoms with Gasteiger partial charge in [0, 0.05) is 18.5 Å². The number of rotatable bonds is 11. The minimum absolute atomic E-state index is 0.180. The average molecular weight is 480 g/mol. The number of hydrogen-bond acceptors (Lipinski definition) is 3. The van der Waals surface area contributed by atoms with Crippen molar-refractivity contribution in [1.82, 2.24) is 14.9 Å². The van der Waals surface area contributed by atoms with Crippen LogP contribution in [0.4, 0.5) is 4.39 Å². The van der Waals surface area contributed by atoms with Crippen molar-refractivity contribution in [2.45, 2.75) is 32.2 Å². The van der Waals surface area contributed by atoms with E-state index in [0.29, 0.717) is 36.0 Å². The Balaban J connectivity index is 1.27. The second-order valence-electron chi connectivity index (χ2n) is 8.02. The zero-order chi connectivity index (χ0) is 23.8. The van der Waals surface area contributed by atoms with E-state index in [4.69, 9.17) is 21.3 Å². The molecular weight excluding hydrogens is 453 g/mol. The van der Waals surface area contributed by atoms with E-state index >= 15 is 0 Å². The summed E-state index contributed by atoms with van der Waals surface area (Å²) in [6, 6.07) is 21.1. The molecule has 1 N–H and O–H groups in total. The van der Waals surface area contributed by atoms with Gasteiger partial charge in [0.05, 0.1) is 22.6 Å². The van der Waals surface area contributed by atoms with Crippen molar-refractivity contribution in [2.75, 3.05) is 13.2 Å². The van der Waals surface area contributed by atoms with Crippen LogP contribution in [0.25, 0.3) is 11.0 Å². The number of carbonyl (C=O) groups excluding carboxylic acids is 1. The molecule has 1 aromatic heterocycles. The van der Waals surface area contributed by atoms with Gasteiger partial charge in [-0.2, -0.15) is 0 Å². The molecule has 4 aromatic rings. The van der Waals surface area contributed by atoms with Gasteiger partial charge in [0.15, 0.2) is 0 Å². The molecule has 3 aromatic carbocycles. The fourth-order valence-corrected chi connectivity index (χ4v) is 4.05. The number of carbonyl (C=O) groups is 1. The third-order valence-corrected chi connectivity index (χ3v) is 5.92. The van der Waals surface area contributed by atoms with Gasteiger partial charge < -0.3 is 14.6 Å². The Morgan fingerprint density at radius 3 is 2.56 bits per heavy atom. The van der Waals surface area contributed by atoms with Crippen molar-refractivity contribution < 1.29 is 13.9 Å². The van der Waals surface area contributed by atoms with E-state index in [0.717, 1.165) is 42.5 Å². The second kappa shape index (κ2) is 11.7. The third kappa shape index (κ3) is 6.14. The molecule has 0 atom stereocenters. The lowest BCUT2D eigenvalue weighted by molar-refractivity contribution is 0.0953. The Bertz CT molecular complexity index is 1240. The normalized spacial score (nSPS) is 11.0. The molecule has 0 saturated heterocycles. The van der Waals surface area contributed by atoms with Crippen molar-refractivity contribution in [3.8, 4) is 5.75 Å². The summed E-state index contributed by atoms with van der Waals surface area (Å²) in [5.74, 6) is 1.18. The summed E-state index contributed by atoms with van der Waals surface area (Å²) >= 11 is 6.20. The maximum absolute atomic E-state index is 13.0. The fraction of sp³-hybridized carbons (Fsp3) is 0.259. The van der Waals surface area contributed by atoms with Crippen molar-refractivity contribution in [2.24, 2.45) is 0 Å². The minimum Gasteiger partial charge on any atom is -0.490 e. The van der Waals surface area contributed by atoms with Crippen molar-refractivity contribution >= 4 is 28.5 Å². The number of unbranched alkanes of at least 4 members (excludes halogenated alkanes) is 2. The largest absolute Gasteiger partial charge is 0.490 e. The first-order valence-electron chi connectivity index (χ1n) is 11.5. The van der Waals surface area contributed by atoms with Gasteiger partial charge in [0.25, 0.3) is 5.91 Å². The first-order chi connectivity index (χ1) is 16.6. The highest BCUT2D eigenvalue weighted by Gasteiger charge is 2.11. The number of ether oxygens (including phenoxy) is 1. The number of imidazole rings is 1. The zero-order valence-electron chi connectivity index (χ0n) is 18.8. The van der Waals surface area contributed by atoms with Gasteiger partial charge in [-0.25, -0.2) is 9.37 Å². The van der Waals surface area contributed by atoms with Crippen LogP contribution in [-0.2, 0) is 13.0 Å². The number of benzene rings is 3. The molecule has 0 unspecified atom stereocenters. The number of nitrogens with zero attached hydrogens (tertiary/aromatic N) is 2. The summed E-state index contributed by atoms with van der Waals surface area (Å²) in [5, 5.41) is 3.49. The Morgan fingerprint density at radius 1 is 0.971 bits per heavy atom. The van der Waals surface area contributed by atoms with Gasteiger partial charge in [-0.15, -0.1) is 0 Å². The lowest BCUT2D eigenvalue weighted by atomic mass is 10.1. The van der Waals surface area contributed by atoms with E-state index < -0.39 is 0 Å². The number of hydrogen-bond donors (Lipinski definition) is 1. The standard InChI is InChI=1S/C27H27ClFN3O2/c28-22-8-3-6-11-25(22)34-19-18-32-24-10-5-4-9-23(24)31-26(32)12-2-1-7-17-30-27(33)20-13-15-21(29)16-14-20/h3-6,8-11,13-16H,1-2,7,12,17-19H2,(H,30,33). The number of aromatic nitrogens is 2. The molecule has 1 heterocycles. The van der Waals surface area contributed by atoms with Gasteiger partial charge in [-0.3, -0.25) is 4.79 Å². The molecule has 1 amide bonds. The molecule has 0 spiro atoms. The summed E-state index contributed by atoms with van der Waals surface area (Å²) in [7, 11) is 0. The van der Waals surface area contributed by atoms with Crippen LogP contribution in [0.5, 0.6) is 5.75 Å². The maximum Gasteiger partial charge on any atom is 0.251 e. The third-order valence-electron chi connectivity index (χ3n) is 5.61. The Kier molecular flexibility index (Phi) is 8.15. The first-order valence-corrected chi connectivity index (χ1v) is 11.8. The number of amides is 1. The summed E-state index contributed by atoms with van der Waals surface area (Å²) < 4.78 is 21.1.